The standard InChI is InChI=1S/C38H68N6.2H2S/c1-2-3-16-35-29-42(37(40)44(35)21-11-7-15-30-13-5-4-6-14-30)19-10-8-17-34-28-41-36(39)43(34)20-12-9-18-38-25-31-22-32(26-38)24-33(23-31)27-38;;/h30-35,40H,2-29H2,1H3,(H2,39,41);2*1H2/t31?,32?,33?,34-,35-,38?;;/m0../s1. The fourth-order valence-corrected chi connectivity index (χ4v) is 11.3. The van der Waals surface area contributed by atoms with Gasteiger partial charge in [0.15, 0.2) is 11.9 Å². The third-order valence-corrected chi connectivity index (χ3v) is 13.3. The molecule has 7 aliphatic rings. The van der Waals surface area contributed by atoms with Gasteiger partial charge in [0.05, 0.1) is 12.6 Å². The molecule has 1 saturated heterocycles. The maximum Gasteiger partial charge on any atom is 0.194 e. The van der Waals surface area contributed by atoms with Gasteiger partial charge < -0.3 is 20.4 Å². The third-order valence-electron chi connectivity index (χ3n) is 13.3. The lowest BCUT2D eigenvalue weighted by Gasteiger charge is -2.57. The van der Waals surface area contributed by atoms with Gasteiger partial charge in [0.25, 0.3) is 0 Å². The zero-order valence-electron chi connectivity index (χ0n) is 29.6. The van der Waals surface area contributed by atoms with E-state index in [4.69, 9.17) is 11.1 Å². The monoisotopic (exact) mass is 677 g/mol. The summed E-state index contributed by atoms with van der Waals surface area (Å²) in [5.74, 6) is 5.80. The Hall–Kier alpha value is -0.760. The minimum atomic E-state index is 0. The molecular weight excluding hydrogens is 605 g/mol. The SMILES string of the molecule is CCCC[C@H]1CN(CCCC[C@H]2CN=C(N)N2CCCCC23CC4CC(CC(C4)C2)C3)C(=N)N1CCCCC1CCCCC1.S.S. The Bertz CT molecular complexity index is 916. The van der Waals surface area contributed by atoms with Gasteiger partial charge in [-0.3, -0.25) is 10.4 Å². The molecular formula is C38H72N6S2. The van der Waals surface area contributed by atoms with E-state index in [9.17, 15) is 0 Å². The number of nitrogens with two attached hydrogens (primary N) is 1. The van der Waals surface area contributed by atoms with E-state index in [0.29, 0.717) is 17.5 Å². The van der Waals surface area contributed by atoms with Crippen molar-refractivity contribution in [3.05, 3.63) is 0 Å². The number of rotatable bonds is 18. The van der Waals surface area contributed by atoms with E-state index >= 15 is 0 Å². The largest absolute Gasteiger partial charge is 0.370 e. The van der Waals surface area contributed by atoms with Crippen LogP contribution in [0.5, 0.6) is 0 Å². The van der Waals surface area contributed by atoms with Crippen LogP contribution in [-0.4, -0.2) is 71.4 Å². The fraction of sp³-hybridized carbons (Fsp3) is 0.947. The van der Waals surface area contributed by atoms with E-state index in [1.807, 2.05) is 0 Å². The number of hydrogen-bond acceptors (Lipinski definition) is 4. The first-order chi connectivity index (χ1) is 21.5. The number of hydrogen-bond donors (Lipinski definition) is 2. The summed E-state index contributed by atoms with van der Waals surface area (Å²) in [5.41, 5.74) is 7.13. The van der Waals surface area contributed by atoms with Crippen LogP contribution in [-0.2, 0) is 0 Å². The number of unbranched alkanes of at least 4 members (excludes halogenated alkanes) is 4. The van der Waals surface area contributed by atoms with Crippen molar-refractivity contribution in [2.75, 3.05) is 32.7 Å². The molecule has 0 aromatic carbocycles. The quantitative estimate of drug-likeness (QED) is 0.143. The predicted octanol–water partition coefficient (Wildman–Crippen LogP) is 8.63. The fourth-order valence-electron chi connectivity index (χ4n) is 11.3. The Morgan fingerprint density at radius 3 is 2.04 bits per heavy atom. The van der Waals surface area contributed by atoms with Crippen LogP contribution in [0.1, 0.15) is 155 Å². The van der Waals surface area contributed by atoms with Crippen molar-refractivity contribution in [2.45, 2.75) is 167 Å². The average Bonchev–Trinajstić information content (AvgIpc) is 3.51. The molecule has 2 heterocycles. The van der Waals surface area contributed by atoms with Crippen LogP contribution in [0.25, 0.3) is 0 Å². The van der Waals surface area contributed by atoms with E-state index in [1.54, 1.807) is 38.5 Å². The van der Waals surface area contributed by atoms with E-state index in [1.165, 1.54) is 109 Å². The second-order valence-corrected chi connectivity index (χ2v) is 16.7. The molecule has 5 aliphatic carbocycles. The molecule has 3 N–H and O–H groups in total. The Morgan fingerprint density at radius 1 is 0.739 bits per heavy atom. The Morgan fingerprint density at radius 2 is 1.35 bits per heavy atom. The highest BCUT2D eigenvalue weighted by Gasteiger charge is 2.50. The van der Waals surface area contributed by atoms with Crippen molar-refractivity contribution in [1.29, 1.82) is 5.41 Å². The highest BCUT2D eigenvalue weighted by atomic mass is 32.1. The van der Waals surface area contributed by atoms with Crippen LogP contribution in [0.2, 0.25) is 0 Å². The molecule has 0 amide bonds. The summed E-state index contributed by atoms with van der Waals surface area (Å²) in [6.45, 7) is 7.47. The Balaban J connectivity index is 0.00000240. The zero-order chi connectivity index (χ0) is 30.4. The Labute approximate surface area is 297 Å². The highest BCUT2D eigenvalue weighted by Crippen LogP contribution is 2.61. The second kappa shape index (κ2) is 18.3. The van der Waals surface area contributed by atoms with Crippen molar-refractivity contribution < 1.29 is 0 Å². The van der Waals surface area contributed by atoms with Gasteiger partial charge in [-0.1, -0.05) is 71.1 Å². The smallest absolute Gasteiger partial charge is 0.194 e. The van der Waals surface area contributed by atoms with Crippen molar-refractivity contribution in [1.82, 2.24) is 14.7 Å². The normalized spacial score (nSPS) is 32.2. The molecule has 2 aliphatic heterocycles. The molecule has 0 aromatic rings. The van der Waals surface area contributed by atoms with Gasteiger partial charge in [-0.2, -0.15) is 27.0 Å². The molecule has 0 spiro atoms. The minimum absolute atomic E-state index is 0. The number of nitrogens with one attached hydrogen (secondary N) is 1. The molecule has 46 heavy (non-hydrogen) atoms. The van der Waals surface area contributed by atoms with Crippen LogP contribution in [0, 0.1) is 34.5 Å². The summed E-state index contributed by atoms with van der Waals surface area (Å²) in [6.07, 6.45) is 32.1. The molecule has 0 radical (unpaired) electrons. The van der Waals surface area contributed by atoms with Crippen molar-refractivity contribution in [2.24, 2.45) is 39.8 Å². The van der Waals surface area contributed by atoms with Gasteiger partial charge in [0.2, 0.25) is 0 Å². The third kappa shape index (κ3) is 9.69. The molecule has 266 valence electrons. The van der Waals surface area contributed by atoms with Crippen LogP contribution in [0.3, 0.4) is 0 Å². The van der Waals surface area contributed by atoms with Crippen LogP contribution >= 0.6 is 27.0 Å². The van der Waals surface area contributed by atoms with Gasteiger partial charge in [-0.25, -0.2) is 0 Å². The van der Waals surface area contributed by atoms with Gasteiger partial charge in [0, 0.05) is 32.2 Å². The van der Waals surface area contributed by atoms with Crippen LogP contribution in [0.15, 0.2) is 4.99 Å². The van der Waals surface area contributed by atoms with Crippen molar-refractivity contribution in [3.8, 4) is 0 Å². The summed E-state index contributed by atoms with van der Waals surface area (Å²) < 4.78 is 0. The summed E-state index contributed by atoms with van der Waals surface area (Å²) in [6, 6.07) is 1.04. The van der Waals surface area contributed by atoms with Crippen molar-refractivity contribution in [3.63, 3.8) is 0 Å². The van der Waals surface area contributed by atoms with Gasteiger partial charge in [-0.05, 0) is 113 Å². The maximum absolute atomic E-state index is 9.05. The van der Waals surface area contributed by atoms with Crippen molar-refractivity contribution >= 4 is 38.9 Å². The molecule has 5 saturated carbocycles. The lowest BCUT2D eigenvalue weighted by atomic mass is 9.48. The van der Waals surface area contributed by atoms with Gasteiger partial charge in [0.1, 0.15) is 0 Å². The summed E-state index contributed by atoms with van der Waals surface area (Å²) in [4.78, 5) is 12.0. The summed E-state index contributed by atoms with van der Waals surface area (Å²) >= 11 is 0. The topological polar surface area (TPSA) is 72.0 Å². The minimum Gasteiger partial charge on any atom is -0.370 e. The highest BCUT2D eigenvalue weighted by molar-refractivity contribution is 7.59. The number of nitrogens with zero attached hydrogens (tertiary/aromatic N) is 4. The Kier molecular flexibility index (Phi) is 15.1. The predicted molar refractivity (Wildman–Crippen MR) is 206 cm³/mol. The van der Waals surface area contributed by atoms with Crippen LogP contribution < -0.4 is 5.73 Å². The van der Waals surface area contributed by atoms with E-state index < -0.39 is 0 Å². The van der Waals surface area contributed by atoms with Gasteiger partial charge in [-0.15, -0.1) is 0 Å². The van der Waals surface area contributed by atoms with E-state index in [0.717, 1.165) is 68.3 Å². The van der Waals surface area contributed by atoms with Gasteiger partial charge >= 0.3 is 0 Å². The molecule has 7 rings (SSSR count). The summed E-state index contributed by atoms with van der Waals surface area (Å²) in [7, 11) is 0. The molecule has 8 heteroatoms. The lowest BCUT2D eigenvalue weighted by molar-refractivity contribution is -0.0584. The number of aliphatic imine (C=N–C) groups is 1. The first-order valence-electron chi connectivity index (χ1n) is 19.7. The van der Waals surface area contributed by atoms with E-state index in [-0.39, 0.29) is 27.0 Å². The maximum atomic E-state index is 9.05. The molecule has 4 bridgehead atoms. The molecule has 6 fully saturated rings. The lowest BCUT2D eigenvalue weighted by Crippen LogP contribution is -2.46. The first-order valence-corrected chi connectivity index (χ1v) is 19.7. The molecule has 6 nitrogen and oxygen atoms in total. The molecule has 0 aromatic heterocycles. The number of guanidine groups is 2. The summed E-state index contributed by atoms with van der Waals surface area (Å²) in [5, 5.41) is 9.05. The van der Waals surface area contributed by atoms with Crippen LogP contribution in [0.4, 0.5) is 0 Å². The first kappa shape index (κ1) is 38.0. The zero-order valence-corrected chi connectivity index (χ0v) is 31.6. The second-order valence-electron chi connectivity index (χ2n) is 16.7. The average molecular weight is 677 g/mol. The molecule has 2 atom stereocenters. The van der Waals surface area contributed by atoms with E-state index in [2.05, 4.69) is 26.6 Å². The molecule has 0 unspecified atom stereocenters.